The van der Waals surface area contributed by atoms with Crippen molar-refractivity contribution in [2.24, 2.45) is 5.73 Å². The molecule has 132 valence electrons. The number of thiophene rings is 1. The molecule has 1 amide bonds. The molecule has 0 fully saturated rings. The number of para-hydroxylation sites is 1. The fourth-order valence-electron chi connectivity index (χ4n) is 2.51. The summed E-state index contributed by atoms with van der Waals surface area (Å²) in [4.78, 5) is 25.0. The van der Waals surface area contributed by atoms with E-state index in [2.05, 4.69) is 5.32 Å². The molecule has 0 spiro atoms. The fraction of sp³-hybridized carbons (Fsp3) is 0.0526. The van der Waals surface area contributed by atoms with Crippen molar-refractivity contribution in [1.29, 1.82) is 0 Å². The number of anilines is 3. The standard InChI is InChI=1S/C19H16ClN3O2S/c1-10-4-2-3-5-13(10)23-19-14(18(22)25)15(21)17(26-19)16(24)11-6-8-12(20)9-7-11/h2-9,23H,21H2,1H3,(H2,22,25). The van der Waals surface area contributed by atoms with Crippen molar-refractivity contribution in [3.05, 3.63) is 75.1 Å². The average molecular weight is 386 g/mol. The first-order chi connectivity index (χ1) is 12.4. The predicted octanol–water partition coefficient (Wildman–Crippen LogP) is 4.37. The van der Waals surface area contributed by atoms with Gasteiger partial charge in [-0.25, -0.2) is 0 Å². The summed E-state index contributed by atoms with van der Waals surface area (Å²) in [5.41, 5.74) is 14.0. The number of hydrogen-bond acceptors (Lipinski definition) is 5. The number of amides is 1. The number of carbonyl (C=O) groups is 2. The zero-order valence-electron chi connectivity index (χ0n) is 13.9. The third-order valence-electron chi connectivity index (χ3n) is 3.90. The van der Waals surface area contributed by atoms with E-state index < -0.39 is 5.91 Å². The van der Waals surface area contributed by atoms with Gasteiger partial charge in [0.15, 0.2) is 0 Å². The molecule has 7 heteroatoms. The molecule has 0 aliphatic heterocycles. The van der Waals surface area contributed by atoms with Crippen LogP contribution in [0.2, 0.25) is 5.02 Å². The molecule has 0 unspecified atom stereocenters. The Balaban J connectivity index is 2.05. The highest BCUT2D eigenvalue weighted by Crippen LogP contribution is 2.39. The third kappa shape index (κ3) is 3.42. The lowest BCUT2D eigenvalue weighted by molar-refractivity contribution is 0.100. The minimum Gasteiger partial charge on any atom is -0.397 e. The van der Waals surface area contributed by atoms with Crippen molar-refractivity contribution in [3.8, 4) is 0 Å². The van der Waals surface area contributed by atoms with Crippen molar-refractivity contribution in [2.75, 3.05) is 11.1 Å². The van der Waals surface area contributed by atoms with Gasteiger partial charge in [0.2, 0.25) is 5.78 Å². The molecule has 0 bridgehead atoms. The number of carbonyl (C=O) groups excluding carboxylic acids is 2. The molecule has 0 saturated carbocycles. The van der Waals surface area contributed by atoms with Crippen molar-refractivity contribution < 1.29 is 9.59 Å². The molecule has 0 saturated heterocycles. The molecule has 1 aromatic heterocycles. The van der Waals surface area contributed by atoms with Crippen LogP contribution in [0, 0.1) is 6.92 Å². The normalized spacial score (nSPS) is 10.5. The smallest absolute Gasteiger partial charge is 0.253 e. The van der Waals surface area contributed by atoms with Crippen molar-refractivity contribution in [1.82, 2.24) is 0 Å². The Labute approximate surface area is 159 Å². The van der Waals surface area contributed by atoms with Gasteiger partial charge in [-0.2, -0.15) is 0 Å². The Morgan fingerprint density at radius 3 is 2.35 bits per heavy atom. The van der Waals surface area contributed by atoms with Crippen LogP contribution in [-0.4, -0.2) is 11.7 Å². The number of ketones is 1. The molecule has 3 rings (SSSR count). The maximum absolute atomic E-state index is 12.8. The lowest BCUT2D eigenvalue weighted by Gasteiger charge is -2.08. The first-order valence-corrected chi connectivity index (χ1v) is 8.93. The molecule has 5 N–H and O–H groups in total. The summed E-state index contributed by atoms with van der Waals surface area (Å²) < 4.78 is 0. The number of hydrogen-bond donors (Lipinski definition) is 3. The molecule has 0 aliphatic rings. The third-order valence-corrected chi connectivity index (χ3v) is 5.27. The van der Waals surface area contributed by atoms with Gasteiger partial charge in [-0.1, -0.05) is 29.8 Å². The van der Waals surface area contributed by atoms with E-state index >= 15 is 0 Å². The topological polar surface area (TPSA) is 98.2 Å². The van der Waals surface area contributed by atoms with E-state index in [9.17, 15) is 9.59 Å². The Morgan fingerprint density at radius 1 is 1.08 bits per heavy atom. The number of halogens is 1. The zero-order chi connectivity index (χ0) is 18.8. The summed E-state index contributed by atoms with van der Waals surface area (Å²) in [7, 11) is 0. The Hall–Kier alpha value is -2.83. The first-order valence-electron chi connectivity index (χ1n) is 7.73. The number of rotatable bonds is 5. The van der Waals surface area contributed by atoms with E-state index in [4.69, 9.17) is 23.1 Å². The largest absolute Gasteiger partial charge is 0.397 e. The van der Waals surface area contributed by atoms with Crippen molar-refractivity contribution >= 4 is 51.0 Å². The van der Waals surface area contributed by atoms with E-state index in [1.807, 2.05) is 31.2 Å². The minimum atomic E-state index is -0.690. The van der Waals surface area contributed by atoms with Crippen LogP contribution in [0.4, 0.5) is 16.4 Å². The number of benzene rings is 2. The van der Waals surface area contributed by atoms with Gasteiger partial charge in [0.1, 0.15) is 9.88 Å². The number of nitrogens with one attached hydrogen (secondary N) is 1. The monoisotopic (exact) mass is 385 g/mol. The van der Waals surface area contributed by atoms with Crippen LogP contribution in [0.1, 0.15) is 31.2 Å². The van der Waals surface area contributed by atoms with Gasteiger partial charge in [-0.15, -0.1) is 11.3 Å². The molecule has 0 radical (unpaired) electrons. The summed E-state index contributed by atoms with van der Waals surface area (Å²) >= 11 is 6.97. The van der Waals surface area contributed by atoms with Crippen molar-refractivity contribution in [2.45, 2.75) is 6.92 Å². The molecule has 26 heavy (non-hydrogen) atoms. The van der Waals surface area contributed by atoms with Crippen molar-refractivity contribution in [3.63, 3.8) is 0 Å². The van der Waals surface area contributed by atoms with E-state index in [0.717, 1.165) is 22.6 Å². The van der Waals surface area contributed by atoms with Gasteiger partial charge in [0, 0.05) is 16.3 Å². The van der Waals surface area contributed by atoms with E-state index in [0.29, 0.717) is 15.6 Å². The van der Waals surface area contributed by atoms with Crippen LogP contribution in [0.3, 0.4) is 0 Å². The highest BCUT2D eigenvalue weighted by Gasteiger charge is 2.25. The van der Waals surface area contributed by atoms with Crippen LogP contribution < -0.4 is 16.8 Å². The molecule has 5 nitrogen and oxygen atoms in total. The highest BCUT2D eigenvalue weighted by molar-refractivity contribution is 7.19. The number of nitrogen functional groups attached to an aromatic ring is 1. The summed E-state index contributed by atoms with van der Waals surface area (Å²) in [6.45, 7) is 1.93. The molecule has 1 heterocycles. The van der Waals surface area contributed by atoms with Crippen LogP contribution in [0.5, 0.6) is 0 Å². The second-order valence-electron chi connectivity index (χ2n) is 5.69. The Kier molecular flexibility index (Phi) is 4.97. The summed E-state index contributed by atoms with van der Waals surface area (Å²) in [6, 6.07) is 14.1. The number of primary amides is 1. The van der Waals surface area contributed by atoms with Crippen LogP contribution >= 0.6 is 22.9 Å². The molecular weight excluding hydrogens is 370 g/mol. The Morgan fingerprint density at radius 2 is 1.73 bits per heavy atom. The van der Waals surface area contributed by atoms with E-state index in [-0.39, 0.29) is 21.9 Å². The quantitative estimate of drug-likeness (QED) is 0.568. The highest BCUT2D eigenvalue weighted by atomic mass is 35.5. The van der Waals surface area contributed by atoms with E-state index in [1.54, 1.807) is 24.3 Å². The first kappa shape index (κ1) is 18.0. The maximum atomic E-state index is 12.8. The lowest BCUT2D eigenvalue weighted by Crippen LogP contribution is -2.14. The summed E-state index contributed by atoms with van der Waals surface area (Å²) in [5.74, 6) is -0.977. The molecule has 0 aliphatic carbocycles. The molecule has 2 aromatic carbocycles. The number of aryl methyl sites for hydroxylation is 1. The zero-order valence-corrected chi connectivity index (χ0v) is 15.4. The average Bonchev–Trinajstić information content (AvgIpc) is 2.93. The Bertz CT molecular complexity index is 997. The molecule has 3 aromatic rings. The molecular formula is C19H16ClN3O2S. The van der Waals surface area contributed by atoms with Crippen LogP contribution in [0.25, 0.3) is 0 Å². The SMILES string of the molecule is Cc1ccccc1Nc1sc(C(=O)c2ccc(Cl)cc2)c(N)c1C(N)=O. The van der Waals surface area contributed by atoms with Gasteiger partial charge in [-0.3, -0.25) is 9.59 Å². The summed E-state index contributed by atoms with van der Waals surface area (Å²) in [6.07, 6.45) is 0. The minimum absolute atomic E-state index is 0.0820. The van der Waals surface area contributed by atoms with Gasteiger partial charge in [-0.05, 0) is 42.8 Å². The predicted molar refractivity (Wildman–Crippen MR) is 107 cm³/mol. The summed E-state index contributed by atoms with van der Waals surface area (Å²) in [5, 5.41) is 4.14. The second-order valence-corrected chi connectivity index (χ2v) is 7.15. The van der Waals surface area contributed by atoms with E-state index in [1.165, 1.54) is 0 Å². The van der Waals surface area contributed by atoms with Crippen LogP contribution in [0.15, 0.2) is 48.5 Å². The van der Waals surface area contributed by atoms with Gasteiger partial charge in [0.25, 0.3) is 5.91 Å². The van der Waals surface area contributed by atoms with Gasteiger partial charge >= 0.3 is 0 Å². The maximum Gasteiger partial charge on any atom is 0.253 e. The van der Waals surface area contributed by atoms with Crippen LogP contribution in [-0.2, 0) is 0 Å². The van der Waals surface area contributed by atoms with Gasteiger partial charge < -0.3 is 16.8 Å². The lowest BCUT2D eigenvalue weighted by atomic mass is 10.1. The fourth-order valence-corrected chi connectivity index (χ4v) is 3.74. The van der Waals surface area contributed by atoms with Gasteiger partial charge in [0.05, 0.1) is 11.3 Å². The molecule has 0 atom stereocenters. The second kappa shape index (κ2) is 7.19. The number of nitrogens with two attached hydrogens (primary N) is 2.